The molecule has 0 aliphatic heterocycles. The van der Waals surface area contributed by atoms with Crippen molar-refractivity contribution in [2.75, 3.05) is 0 Å². The molecule has 94 valence electrons. The van der Waals surface area contributed by atoms with Gasteiger partial charge in [-0.3, -0.25) is 4.98 Å². The van der Waals surface area contributed by atoms with E-state index in [0.29, 0.717) is 13.2 Å². The van der Waals surface area contributed by atoms with Gasteiger partial charge in [0.25, 0.3) is 0 Å². The molecular weight excluding hydrogens is 292 g/mol. The Balaban J connectivity index is 2.09. The molecule has 2 rings (SSSR count). The first-order chi connectivity index (χ1) is 8.70. The van der Waals surface area contributed by atoms with Crippen molar-refractivity contribution in [1.29, 1.82) is 0 Å². The third-order valence-electron chi connectivity index (χ3n) is 2.70. The minimum atomic E-state index is 0.429. The van der Waals surface area contributed by atoms with E-state index >= 15 is 0 Å². The Morgan fingerprint density at radius 2 is 2.17 bits per heavy atom. The molecule has 0 radical (unpaired) electrons. The molecule has 0 saturated carbocycles. The second-order valence-electron chi connectivity index (χ2n) is 4.01. The number of ether oxygens (including phenoxy) is 1. The van der Waals surface area contributed by atoms with E-state index in [4.69, 9.17) is 10.5 Å². The van der Waals surface area contributed by atoms with Crippen LogP contribution >= 0.6 is 15.9 Å². The van der Waals surface area contributed by atoms with Gasteiger partial charge in [-0.2, -0.15) is 0 Å². The molecule has 1 aromatic carbocycles. The summed E-state index contributed by atoms with van der Waals surface area (Å²) < 4.78 is 6.84. The fourth-order valence-corrected chi connectivity index (χ4v) is 1.90. The van der Waals surface area contributed by atoms with Gasteiger partial charge in [0.05, 0.1) is 5.69 Å². The highest BCUT2D eigenvalue weighted by Crippen LogP contribution is 2.22. The van der Waals surface area contributed by atoms with Crippen LogP contribution in [-0.4, -0.2) is 4.98 Å². The van der Waals surface area contributed by atoms with Gasteiger partial charge < -0.3 is 10.5 Å². The van der Waals surface area contributed by atoms with Crippen molar-refractivity contribution in [2.24, 2.45) is 5.73 Å². The number of halogens is 1. The van der Waals surface area contributed by atoms with E-state index in [9.17, 15) is 0 Å². The van der Waals surface area contributed by atoms with Crippen molar-refractivity contribution >= 4 is 15.9 Å². The van der Waals surface area contributed by atoms with Crippen LogP contribution in [0.25, 0.3) is 0 Å². The Hall–Kier alpha value is -1.39. The molecule has 2 N–H and O–H groups in total. The number of aromatic nitrogens is 1. The maximum atomic E-state index is 5.75. The van der Waals surface area contributed by atoms with Crippen molar-refractivity contribution < 1.29 is 4.74 Å². The normalized spacial score (nSPS) is 10.4. The zero-order chi connectivity index (χ0) is 13.0. The topological polar surface area (TPSA) is 48.1 Å². The Labute approximate surface area is 115 Å². The van der Waals surface area contributed by atoms with Crippen molar-refractivity contribution in [1.82, 2.24) is 4.98 Å². The molecule has 0 unspecified atom stereocenters. The molecule has 0 amide bonds. The molecular formula is C14H15BrN2O. The molecule has 1 heterocycles. The number of nitrogens with two attached hydrogens (primary N) is 1. The maximum Gasteiger partial charge on any atom is 0.120 e. The van der Waals surface area contributed by atoms with Crippen LogP contribution in [0.1, 0.15) is 16.8 Å². The average molecular weight is 307 g/mol. The lowest BCUT2D eigenvalue weighted by molar-refractivity contribution is 0.304. The number of benzene rings is 1. The van der Waals surface area contributed by atoms with Crippen molar-refractivity contribution in [3.63, 3.8) is 0 Å². The summed E-state index contributed by atoms with van der Waals surface area (Å²) in [5.41, 5.74) is 8.70. The van der Waals surface area contributed by atoms with Gasteiger partial charge in [-0.25, -0.2) is 0 Å². The summed E-state index contributed by atoms with van der Waals surface area (Å²) in [5, 5.41) is 0. The Kier molecular flexibility index (Phi) is 4.33. The van der Waals surface area contributed by atoms with Crippen LogP contribution in [0.4, 0.5) is 0 Å². The summed E-state index contributed by atoms with van der Waals surface area (Å²) in [6.45, 7) is 2.95. The molecule has 2 aromatic rings. The third-order valence-corrected chi connectivity index (χ3v) is 3.59. The fraction of sp³-hybridized carbons (Fsp3) is 0.214. The first-order valence-corrected chi connectivity index (χ1v) is 6.52. The SMILES string of the molecule is Cc1cc(OCc2cccnc2CN)ccc1Br. The zero-order valence-electron chi connectivity index (χ0n) is 10.2. The molecule has 3 nitrogen and oxygen atoms in total. The first kappa shape index (κ1) is 13.1. The van der Waals surface area contributed by atoms with E-state index in [1.165, 1.54) is 0 Å². The molecule has 4 heteroatoms. The van der Waals surface area contributed by atoms with E-state index in [1.54, 1.807) is 6.20 Å². The highest BCUT2D eigenvalue weighted by Gasteiger charge is 2.03. The maximum absolute atomic E-state index is 5.75. The fourth-order valence-electron chi connectivity index (χ4n) is 1.65. The standard InChI is InChI=1S/C14H15BrN2O/c1-10-7-12(4-5-13(10)15)18-9-11-3-2-6-17-14(11)8-16/h2-7H,8-9,16H2,1H3. The van der Waals surface area contributed by atoms with Gasteiger partial charge in [-0.1, -0.05) is 22.0 Å². The highest BCUT2D eigenvalue weighted by molar-refractivity contribution is 9.10. The van der Waals surface area contributed by atoms with Gasteiger partial charge in [-0.05, 0) is 36.8 Å². The largest absolute Gasteiger partial charge is 0.489 e. The third kappa shape index (κ3) is 3.09. The molecule has 0 fully saturated rings. The van der Waals surface area contributed by atoms with E-state index < -0.39 is 0 Å². The molecule has 0 aliphatic rings. The lowest BCUT2D eigenvalue weighted by atomic mass is 10.2. The highest BCUT2D eigenvalue weighted by atomic mass is 79.9. The molecule has 0 spiro atoms. The van der Waals surface area contributed by atoms with Crippen LogP contribution in [0.15, 0.2) is 41.0 Å². The van der Waals surface area contributed by atoms with Gasteiger partial charge in [0.15, 0.2) is 0 Å². The number of pyridine rings is 1. The monoisotopic (exact) mass is 306 g/mol. The summed E-state index contributed by atoms with van der Waals surface area (Å²) in [6, 6.07) is 9.81. The second kappa shape index (κ2) is 5.98. The number of nitrogens with zero attached hydrogens (tertiary/aromatic N) is 1. The van der Waals surface area contributed by atoms with Gasteiger partial charge >= 0.3 is 0 Å². The number of hydrogen-bond acceptors (Lipinski definition) is 3. The summed E-state index contributed by atoms with van der Waals surface area (Å²) in [5.74, 6) is 0.850. The smallest absolute Gasteiger partial charge is 0.120 e. The van der Waals surface area contributed by atoms with Gasteiger partial charge in [-0.15, -0.1) is 0 Å². The lowest BCUT2D eigenvalue weighted by Crippen LogP contribution is -2.06. The second-order valence-corrected chi connectivity index (χ2v) is 4.87. The van der Waals surface area contributed by atoms with Gasteiger partial charge in [0, 0.05) is 22.8 Å². The molecule has 0 atom stereocenters. The zero-order valence-corrected chi connectivity index (χ0v) is 11.8. The minimum absolute atomic E-state index is 0.429. The summed E-state index contributed by atoms with van der Waals surface area (Å²) in [4.78, 5) is 4.23. The molecule has 1 aromatic heterocycles. The van der Waals surface area contributed by atoms with Crippen LogP contribution < -0.4 is 10.5 Å². The molecule has 0 aliphatic carbocycles. The van der Waals surface area contributed by atoms with E-state index in [1.807, 2.05) is 37.3 Å². The summed E-state index contributed by atoms with van der Waals surface area (Å²) in [6.07, 6.45) is 1.75. The average Bonchev–Trinajstić information content (AvgIpc) is 2.40. The summed E-state index contributed by atoms with van der Waals surface area (Å²) in [7, 11) is 0. The summed E-state index contributed by atoms with van der Waals surface area (Å²) >= 11 is 3.47. The Bertz CT molecular complexity index is 543. The van der Waals surface area contributed by atoms with Crippen molar-refractivity contribution in [3.05, 3.63) is 57.8 Å². The molecule has 0 bridgehead atoms. The Morgan fingerprint density at radius 1 is 1.33 bits per heavy atom. The predicted octanol–water partition coefficient (Wildman–Crippen LogP) is 3.19. The molecule has 0 saturated heterocycles. The lowest BCUT2D eigenvalue weighted by Gasteiger charge is -2.10. The van der Waals surface area contributed by atoms with Crippen molar-refractivity contribution in [3.8, 4) is 5.75 Å². The van der Waals surface area contributed by atoms with Crippen molar-refractivity contribution in [2.45, 2.75) is 20.1 Å². The predicted molar refractivity (Wildman–Crippen MR) is 75.3 cm³/mol. The quantitative estimate of drug-likeness (QED) is 0.943. The van der Waals surface area contributed by atoms with Crippen LogP contribution in [-0.2, 0) is 13.2 Å². The van der Waals surface area contributed by atoms with Gasteiger partial charge in [0.1, 0.15) is 12.4 Å². The number of aryl methyl sites for hydroxylation is 1. The number of rotatable bonds is 4. The van der Waals surface area contributed by atoms with E-state index in [2.05, 4.69) is 20.9 Å². The van der Waals surface area contributed by atoms with Gasteiger partial charge in [0.2, 0.25) is 0 Å². The minimum Gasteiger partial charge on any atom is -0.489 e. The van der Waals surface area contributed by atoms with E-state index in [-0.39, 0.29) is 0 Å². The van der Waals surface area contributed by atoms with E-state index in [0.717, 1.165) is 27.0 Å². The molecule has 18 heavy (non-hydrogen) atoms. The van der Waals surface area contributed by atoms with Crippen LogP contribution in [0, 0.1) is 6.92 Å². The number of hydrogen-bond donors (Lipinski definition) is 1. The van der Waals surface area contributed by atoms with Crippen LogP contribution in [0.2, 0.25) is 0 Å². The first-order valence-electron chi connectivity index (χ1n) is 5.72. The van der Waals surface area contributed by atoms with Crippen LogP contribution in [0.3, 0.4) is 0 Å². The Morgan fingerprint density at radius 3 is 2.89 bits per heavy atom. The van der Waals surface area contributed by atoms with Crippen LogP contribution in [0.5, 0.6) is 5.75 Å².